The Labute approximate surface area is 92.7 Å². The van der Waals surface area contributed by atoms with E-state index in [-0.39, 0.29) is 0 Å². The van der Waals surface area contributed by atoms with Gasteiger partial charge in [0.15, 0.2) is 0 Å². The van der Waals surface area contributed by atoms with Crippen LogP contribution in [-0.2, 0) is 0 Å². The first-order valence-electron chi connectivity index (χ1n) is 5.85. The van der Waals surface area contributed by atoms with E-state index < -0.39 is 0 Å². The van der Waals surface area contributed by atoms with Gasteiger partial charge in [-0.05, 0) is 31.9 Å². The third-order valence-corrected chi connectivity index (χ3v) is 2.41. The van der Waals surface area contributed by atoms with Gasteiger partial charge < -0.3 is 4.74 Å². The Morgan fingerprint density at radius 3 is 2.33 bits per heavy atom. The van der Waals surface area contributed by atoms with E-state index in [1.54, 1.807) is 0 Å². The molecule has 2 nitrogen and oxygen atoms in total. The Bertz CT molecular complexity index is 262. The van der Waals surface area contributed by atoms with Gasteiger partial charge in [0.05, 0.1) is 12.3 Å². The molecule has 15 heavy (non-hydrogen) atoms. The number of pyridine rings is 1. The van der Waals surface area contributed by atoms with Crippen LogP contribution in [0.2, 0.25) is 0 Å². The van der Waals surface area contributed by atoms with Crippen molar-refractivity contribution in [2.75, 3.05) is 0 Å². The van der Waals surface area contributed by atoms with Gasteiger partial charge in [-0.2, -0.15) is 0 Å². The molecule has 0 N–H and O–H groups in total. The third kappa shape index (κ3) is 4.32. The maximum absolute atomic E-state index is 5.89. The van der Waals surface area contributed by atoms with E-state index in [0.29, 0.717) is 6.10 Å². The average Bonchev–Trinajstić information content (AvgIpc) is 2.22. The Morgan fingerprint density at radius 1 is 1.20 bits per heavy atom. The van der Waals surface area contributed by atoms with E-state index in [1.165, 1.54) is 12.8 Å². The van der Waals surface area contributed by atoms with Crippen molar-refractivity contribution >= 4 is 0 Å². The molecule has 0 aliphatic rings. The molecule has 0 radical (unpaired) electrons. The summed E-state index contributed by atoms with van der Waals surface area (Å²) in [7, 11) is 0. The molecular formula is C13H21NO. The van der Waals surface area contributed by atoms with Gasteiger partial charge in [-0.15, -0.1) is 0 Å². The fraction of sp³-hybridized carbons (Fsp3) is 0.615. The number of nitrogens with zero attached hydrogens (tertiary/aromatic N) is 1. The van der Waals surface area contributed by atoms with E-state index in [0.717, 1.165) is 24.3 Å². The summed E-state index contributed by atoms with van der Waals surface area (Å²) in [6.07, 6.45) is 6.76. The summed E-state index contributed by atoms with van der Waals surface area (Å²) >= 11 is 0. The molecule has 0 atom stereocenters. The molecule has 2 heteroatoms. The molecule has 1 aromatic rings. The zero-order chi connectivity index (χ0) is 11.1. The normalized spacial score (nSPS) is 10.7. The Kier molecular flexibility index (Phi) is 5.16. The van der Waals surface area contributed by atoms with Crippen molar-refractivity contribution in [1.82, 2.24) is 4.98 Å². The van der Waals surface area contributed by atoms with Crippen molar-refractivity contribution in [3.05, 3.63) is 24.0 Å². The Morgan fingerprint density at radius 2 is 1.87 bits per heavy atom. The van der Waals surface area contributed by atoms with Crippen molar-refractivity contribution < 1.29 is 4.74 Å². The van der Waals surface area contributed by atoms with Crippen LogP contribution in [0.15, 0.2) is 18.3 Å². The van der Waals surface area contributed by atoms with Gasteiger partial charge in [-0.3, -0.25) is 4.98 Å². The number of rotatable bonds is 6. The molecule has 0 saturated heterocycles. The highest BCUT2D eigenvalue weighted by Crippen LogP contribution is 2.16. The molecule has 1 rings (SSSR count). The average molecular weight is 207 g/mol. The minimum atomic E-state index is 0.351. The number of hydrogen-bond acceptors (Lipinski definition) is 2. The molecule has 0 bridgehead atoms. The molecule has 0 saturated carbocycles. The monoisotopic (exact) mass is 207 g/mol. The van der Waals surface area contributed by atoms with Gasteiger partial charge in [-0.1, -0.05) is 26.7 Å². The molecule has 0 aliphatic carbocycles. The number of aromatic nitrogens is 1. The SMILES string of the molecule is CCCC(CCC)Oc1ccc(C)nc1. The van der Waals surface area contributed by atoms with Gasteiger partial charge in [0.1, 0.15) is 5.75 Å². The molecule has 84 valence electrons. The molecule has 0 spiro atoms. The van der Waals surface area contributed by atoms with Crippen molar-refractivity contribution in [1.29, 1.82) is 0 Å². The lowest BCUT2D eigenvalue weighted by atomic mass is 10.1. The van der Waals surface area contributed by atoms with Crippen LogP contribution in [-0.4, -0.2) is 11.1 Å². The summed E-state index contributed by atoms with van der Waals surface area (Å²) in [6.45, 7) is 6.37. The maximum atomic E-state index is 5.89. The highest BCUT2D eigenvalue weighted by molar-refractivity contribution is 5.19. The minimum absolute atomic E-state index is 0.351. The van der Waals surface area contributed by atoms with E-state index >= 15 is 0 Å². The molecule has 0 unspecified atom stereocenters. The summed E-state index contributed by atoms with van der Waals surface area (Å²) in [4.78, 5) is 4.23. The second kappa shape index (κ2) is 6.44. The topological polar surface area (TPSA) is 22.1 Å². The largest absolute Gasteiger partial charge is 0.489 e. The first-order valence-corrected chi connectivity index (χ1v) is 5.85. The van der Waals surface area contributed by atoms with Gasteiger partial charge in [0.25, 0.3) is 0 Å². The van der Waals surface area contributed by atoms with Gasteiger partial charge >= 0.3 is 0 Å². The van der Waals surface area contributed by atoms with E-state index in [2.05, 4.69) is 18.8 Å². The van der Waals surface area contributed by atoms with Gasteiger partial charge in [-0.25, -0.2) is 0 Å². The lowest BCUT2D eigenvalue weighted by molar-refractivity contribution is 0.178. The highest BCUT2D eigenvalue weighted by Gasteiger charge is 2.08. The van der Waals surface area contributed by atoms with Gasteiger partial charge in [0, 0.05) is 5.69 Å². The fourth-order valence-corrected chi connectivity index (χ4v) is 1.62. The van der Waals surface area contributed by atoms with Crippen LogP contribution in [0.3, 0.4) is 0 Å². The smallest absolute Gasteiger partial charge is 0.138 e. The van der Waals surface area contributed by atoms with E-state index in [9.17, 15) is 0 Å². The third-order valence-electron chi connectivity index (χ3n) is 2.41. The summed E-state index contributed by atoms with van der Waals surface area (Å²) in [5, 5.41) is 0. The van der Waals surface area contributed by atoms with Crippen molar-refractivity contribution in [3.63, 3.8) is 0 Å². The Hall–Kier alpha value is -1.05. The number of aryl methyl sites for hydroxylation is 1. The summed E-state index contributed by atoms with van der Waals surface area (Å²) in [6, 6.07) is 3.99. The summed E-state index contributed by atoms with van der Waals surface area (Å²) in [5.41, 5.74) is 1.03. The molecular weight excluding hydrogens is 186 g/mol. The quantitative estimate of drug-likeness (QED) is 0.709. The van der Waals surface area contributed by atoms with Crippen LogP contribution >= 0.6 is 0 Å². The molecule has 0 aromatic carbocycles. The predicted octanol–water partition coefficient (Wildman–Crippen LogP) is 3.74. The maximum Gasteiger partial charge on any atom is 0.138 e. The first-order chi connectivity index (χ1) is 7.26. The first kappa shape index (κ1) is 12.0. The molecule has 0 fully saturated rings. The van der Waals surface area contributed by atoms with Crippen molar-refractivity contribution in [2.24, 2.45) is 0 Å². The van der Waals surface area contributed by atoms with E-state index in [1.807, 2.05) is 25.3 Å². The fourth-order valence-electron chi connectivity index (χ4n) is 1.62. The molecule has 1 heterocycles. The minimum Gasteiger partial charge on any atom is -0.489 e. The van der Waals surface area contributed by atoms with Crippen molar-refractivity contribution in [2.45, 2.75) is 52.6 Å². The van der Waals surface area contributed by atoms with Crippen LogP contribution in [0.1, 0.15) is 45.2 Å². The zero-order valence-corrected chi connectivity index (χ0v) is 9.99. The second-order valence-electron chi connectivity index (χ2n) is 3.95. The lowest BCUT2D eigenvalue weighted by Gasteiger charge is -2.17. The number of ether oxygens (including phenoxy) is 1. The van der Waals surface area contributed by atoms with Crippen LogP contribution in [0.5, 0.6) is 5.75 Å². The standard InChI is InChI=1S/C13H21NO/c1-4-6-12(7-5-2)15-13-9-8-11(3)14-10-13/h8-10,12H,4-7H2,1-3H3. The van der Waals surface area contributed by atoms with Gasteiger partial charge in [0.2, 0.25) is 0 Å². The van der Waals surface area contributed by atoms with Crippen LogP contribution < -0.4 is 4.74 Å². The number of hydrogen-bond donors (Lipinski definition) is 0. The molecule has 0 amide bonds. The summed E-state index contributed by atoms with van der Waals surface area (Å²) in [5.74, 6) is 0.896. The van der Waals surface area contributed by atoms with E-state index in [4.69, 9.17) is 4.74 Å². The summed E-state index contributed by atoms with van der Waals surface area (Å²) < 4.78 is 5.89. The van der Waals surface area contributed by atoms with Crippen LogP contribution in [0.25, 0.3) is 0 Å². The Balaban J connectivity index is 2.53. The zero-order valence-electron chi connectivity index (χ0n) is 9.99. The highest BCUT2D eigenvalue weighted by atomic mass is 16.5. The molecule has 1 aromatic heterocycles. The lowest BCUT2D eigenvalue weighted by Crippen LogP contribution is -2.15. The van der Waals surface area contributed by atoms with Crippen molar-refractivity contribution in [3.8, 4) is 5.75 Å². The van der Waals surface area contributed by atoms with Crippen LogP contribution in [0.4, 0.5) is 0 Å². The second-order valence-corrected chi connectivity index (χ2v) is 3.95. The predicted molar refractivity (Wildman–Crippen MR) is 63.2 cm³/mol. The molecule has 0 aliphatic heterocycles. The van der Waals surface area contributed by atoms with Crippen LogP contribution in [0, 0.1) is 6.92 Å².